The van der Waals surface area contributed by atoms with Crippen LogP contribution in [0.5, 0.6) is 0 Å². The molecule has 6 nitrogen and oxygen atoms in total. The molecule has 0 amide bonds. The predicted octanol–water partition coefficient (Wildman–Crippen LogP) is 8.42. The smallest absolute Gasteiger partial charge is 0.0846 e. The molecule has 3 atom stereocenters. The van der Waals surface area contributed by atoms with Crippen molar-refractivity contribution in [3.05, 3.63) is 92.9 Å². The highest BCUT2D eigenvalue weighted by Crippen LogP contribution is 2.34. The van der Waals surface area contributed by atoms with E-state index in [4.69, 9.17) is 51.1 Å². The fraction of sp³-hybridized carbons (Fsp3) is 0.314. The van der Waals surface area contributed by atoms with Crippen LogP contribution in [0.1, 0.15) is 12.8 Å². The first-order chi connectivity index (χ1) is 21.7. The molecule has 0 aliphatic carbocycles. The first-order valence-corrected chi connectivity index (χ1v) is 16.7. The van der Waals surface area contributed by atoms with E-state index in [0.717, 1.165) is 63.1 Å². The Morgan fingerprint density at radius 3 is 1.36 bits per heavy atom. The number of hydrogen-bond acceptors (Lipinski definition) is 4. The van der Waals surface area contributed by atoms with E-state index in [9.17, 15) is 10.2 Å². The molecule has 4 aromatic carbocycles. The molecule has 0 radical (unpaired) electrons. The Morgan fingerprint density at radius 2 is 1.02 bits per heavy atom. The normalized spacial score (nSPS) is 17.0. The fourth-order valence-corrected chi connectivity index (χ4v) is 7.61. The van der Waals surface area contributed by atoms with Crippen molar-refractivity contribution in [1.29, 1.82) is 0 Å². The highest BCUT2D eigenvalue weighted by Gasteiger charge is 2.25. The van der Waals surface area contributed by atoms with Crippen LogP contribution in [0.3, 0.4) is 0 Å². The topological polar surface area (TPSA) is 62.8 Å². The van der Waals surface area contributed by atoms with Gasteiger partial charge in [0.25, 0.3) is 0 Å². The van der Waals surface area contributed by atoms with Gasteiger partial charge in [-0.3, -0.25) is 4.90 Å². The molecule has 45 heavy (non-hydrogen) atoms. The number of aromatic nitrogens is 2. The maximum atomic E-state index is 11.5. The van der Waals surface area contributed by atoms with Crippen molar-refractivity contribution in [2.24, 2.45) is 0 Å². The van der Waals surface area contributed by atoms with Gasteiger partial charge in [-0.15, -0.1) is 0 Å². The number of aliphatic hydroxyl groups excluding tert-OH is 2. The van der Waals surface area contributed by atoms with E-state index >= 15 is 0 Å². The van der Waals surface area contributed by atoms with Crippen molar-refractivity contribution in [3.63, 3.8) is 0 Å². The van der Waals surface area contributed by atoms with Crippen molar-refractivity contribution < 1.29 is 14.9 Å². The highest BCUT2D eigenvalue weighted by molar-refractivity contribution is 6.34. The van der Waals surface area contributed by atoms with Crippen LogP contribution in [0.25, 0.3) is 43.6 Å². The SMILES string of the molecule is O[C@H](CN(C[C@H](O)Cn1c2ccc(Cl)cc2c2cc(Cl)ccc21)C[C@@H]1CCCO1)Cn1c2ccc(Cl)cc2c2cc(Cl)ccc21. The van der Waals surface area contributed by atoms with Crippen LogP contribution in [0.4, 0.5) is 0 Å². The molecule has 2 N–H and O–H groups in total. The zero-order chi connectivity index (χ0) is 31.2. The quantitative estimate of drug-likeness (QED) is 0.152. The summed E-state index contributed by atoms with van der Waals surface area (Å²) in [6, 6.07) is 23.2. The van der Waals surface area contributed by atoms with Crippen LogP contribution in [0.15, 0.2) is 72.8 Å². The number of ether oxygens (including phenoxy) is 1. The molecular weight excluding hydrogens is 652 g/mol. The van der Waals surface area contributed by atoms with Crippen LogP contribution in [-0.2, 0) is 17.8 Å². The summed E-state index contributed by atoms with van der Waals surface area (Å²) in [6.07, 6.45) is 0.635. The van der Waals surface area contributed by atoms with Crippen molar-refractivity contribution in [1.82, 2.24) is 14.0 Å². The Balaban J connectivity index is 1.14. The van der Waals surface area contributed by atoms with Crippen LogP contribution in [0.2, 0.25) is 20.1 Å². The molecule has 234 valence electrons. The van der Waals surface area contributed by atoms with Gasteiger partial charge in [0.1, 0.15) is 0 Å². The molecule has 10 heteroatoms. The van der Waals surface area contributed by atoms with E-state index in [1.807, 2.05) is 72.8 Å². The monoisotopic (exact) mass is 683 g/mol. The summed E-state index contributed by atoms with van der Waals surface area (Å²) in [4.78, 5) is 2.13. The van der Waals surface area contributed by atoms with Gasteiger partial charge in [0.2, 0.25) is 0 Å². The number of aliphatic hydroxyl groups is 2. The van der Waals surface area contributed by atoms with Crippen LogP contribution < -0.4 is 0 Å². The minimum absolute atomic E-state index is 0.0689. The molecule has 0 unspecified atom stereocenters. The molecule has 0 bridgehead atoms. The van der Waals surface area contributed by atoms with E-state index in [1.54, 1.807) is 0 Å². The molecule has 2 aromatic heterocycles. The molecule has 1 aliphatic rings. The van der Waals surface area contributed by atoms with Crippen LogP contribution in [0, 0.1) is 0 Å². The number of hydrogen-bond donors (Lipinski definition) is 2. The summed E-state index contributed by atoms with van der Waals surface area (Å²) in [7, 11) is 0. The maximum absolute atomic E-state index is 11.5. The third-order valence-electron chi connectivity index (χ3n) is 8.79. The average Bonchev–Trinajstić information content (AvgIpc) is 3.69. The summed E-state index contributed by atoms with van der Waals surface area (Å²) in [5, 5.41) is 29.6. The second-order valence-corrected chi connectivity index (χ2v) is 13.8. The Labute approximate surface area is 281 Å². The molecule has 7 rings (SSSR count). The van der Waals surface area contributed by atoms with E-state index in [-0.39, 0.29) is 6.10 Å². The van der Waals surface area contributed by atoms with Gasteiger partial charge < -0.3 is 24.1 Å². The summed E-state index contributed by atoms with van der Waals surface area (Å²) in [5.74, 6) is 0. The number of nitrogens with zero attached hydrogens (tertiary/aromatic N) is 3. The largest absolute Gasteiger partial charge is 0.390 e. The van der Waals surface area contributed by atoms with Gasteiger partial charge in [-0.25, -0.2) is 0 Å². The molecule has 1 saturated heterocycles. The van der Waals surface area contributed by atoms with Gasteiger partial charge in [-0.1, -0.05) is 46.4 Å². The minimum Gasteiger partial charge on any atom is -0.390 e. The third-order valence-corrected chi connectivity index (χ3v) is 9.73. The van der Waals surface area contributed by atoms with Crippen LogP contribution in [-0.4, -0.2) is 68.8 Å². The van der Waals surface area contributed by atoms with Gasteiger partial charge in [0.05, 0.1) is 31.4 Å². The second kappa shape index (κ2) is 12.9. The number of benzene rings is 4. The van der Waals surface area contributed by atoms with Crippen molar-refractivity contribution in [3.8, 4) is 0 Å². The fourth-order valence-electron chi connectivity index (χ4n) is 6.92. The van der Waals surface area contributed by atoms with Gasteiger partial charge in [-0.2, -0.15) is 0 Å². The number of rotatable bonds is 10. The lowest BCUT2D eigenvalue weighted by atomic mass is 10.1. The van der Waals surface area contributed by atoms with Crippen molar-refractivity contribution in [2.75, 3.05) is 26.2 Å². The molecule has 3 heterocycles. The maximum Gasteiger partial charge on any atom is 0.0846 e. The number of fused-ring (bicyclic) bond motifs is 6. The molecule has 6 aromatic rings. The summed E-state index contributed by atoms with van der Waals surface area (Å²) in [6.45, 7) is 2.86. The van der Waals surface area contributed by atoms with Crippen molar-refractivity contribution >= 4 is 90.0 Å². The zero-order valence-electron chi connectivity index (χ0n) is 24.5. The Kier molecular flexibility index (Phi) is 8.94. The lowest BCUT2D eigenvalue weighted by Crippen LogP contribution is -2.44. The lowest BCUT2D eigenvalue weighted by molar-refractivity contribution is 0.0206. The molecular formula is C35H33Cl4N3O3. The van der Waals surface area contributed by atoms with E-state index in [2.05, 4.69) is 14.0 Å². The number of halogens is 4. The van der Waals surface area contributed by atoms with Crippen LogP contribution >= 0.6 is 46.4 Å². The van der Waals surface area contributed by atoms with E-state index < -0.39 is 12.2 Å². The van der Waals surface area contributed by atoms with Crippen molar-refractivity contribution in [2.45, 2.75) is 44.2 Å². The van der Waals surface area contributed by atoms with Gasteiger partial charge in [0, 0.05) is 89.9 Å². The molecule has 1 fully saturated rings. The van der Waals surface area contributed by atoms with Gasteiger partial charge in [0.15, 0.2) is 0 Å². The first-order valence-electron chi connectivity index (χ1n) is 15.2. The lowest BCUT2D eigenvalue weighted by Gasteiger charge is -2.30. The molecule has 0 spiro atoms. The Morgan fingerprint density at radius 1 is 0.644 bits per heavy atom. The van der Waals surface area contributed by atoms with Gasteiger partial charge in [-0.05, 0) is 85.6 Å². The summed E-state index contributed by atoms with van der Waals surface area (Å²) in [5.41, 5.74) is 3.92. The van der Waals surface area contributed by atoms with E-state index in [0.29, 0.717) is 52.8 Å². The van der Waals surface area contributed by atoms with Gasteiger partial charge >= 0.3 is 0 Å². The standard InChI is InChI=1S/C35H33Cl4N3O3/c36-21-3-7-32-28(12-21)29-13-22(37)4-8-33(29)41(32)18-25(43)16-40(20-27-2-1-11-45-27)17-26(44)19-42-34-9-5-23(38)14-30(34)31-15-24(39)6-10-35(31)42/h3-10,12-15,25-27,43-44H,1-2,11,16-20H2/t25-,26+,27-/m0/s1. The molecule has 0 saturated carbocycles. The van der Waals surface area contributed by atoms with E-state index in [1.165, 1.54) is 0 Å². The Hall–Kier alpha value is -2.52. The predicted molar refractivity (Wildman–Crippen MR) is 186 cm³/mol. The third kappa shape index (κ3) is 6.40. The Bertz CT molecular complexity index is 1760. The highest BCUT2D eigenvalue weighted by atomic mass is 35.5. The summed E-state index contributed by atoms with van der Waals surface area (Å²) >= 11 is 25.4. The average molecular weight is 685 g/mol. The molecule has 1 aliphatic heterocycles. The minimum atomic E-state index is -0.707. The summed E-state index contributed by atoms with van der Waals surface area (Å²) < 4.78 is 10.2. The first kappa shape index (κ1) is 31.1. The zero-order valence-corrected chi connectivity index (χ0v) is 27.5. The second-order valence-electron chi connectivity index (χ2n) is 12.0.